The average Bonchev–Trinajstić information content (AvgIpc) is 2.96. The molecule has 1 aromatic heterocycles. The maximum Gasteiger partial charge on any atom is 0.282 e. The van der Waals surface area contributed by atoms with Gasteiger partial charge in [-0.2, -0.15) is 5.10 Å². The van der Waals surface area contributed by atoms with E-state index in [1.807, 2.05) is 6.92 Å². The lowest BCUT2D eigenvalue weighted by molar-refractivity contribution is -0.122. The van der Waals surface area contributed by atoms with Crippen LogP contribution in [0.25, 0.3) is 0 Å². The zero-order valence-electron chi connectivity index (χ0n) is 17.3. The third-order valence-corrected chi connectivity index (χ3v) is 4.61. The Morgan fingerprint density at radius 3 is 2.26 bits per heavy atom. The molecule has 0 aliphatic heterocycles. The van der Waals surface area contributed by atoms with E-state index in [2.05, 4.69) is 29.2 Å². The molecule has 0 aliphatic carbocycles. The number of halogens is 2. The Morgan fingerprint density at radius 1 is 1.19 bits per heavy atom. The molecule has 7 heteroatoms. The normalized spacial score (nSPS) is 12.7. The predicted octanol–water partition coefficient (Wildman–Crippen LogP) is 4.32. The van der Waals surface area contributed by atoms with Gasteiger partial charge in [0.1, 0.15) is 12.2 Å². The first-order chi connectivity index (χ1) is 12.9. The molecule has 0 saturated carbocycles. The van der Waals surface area contributed by atoms with Gasteiger partial charge in [0.15, 0.2) is 0 Å². The number of carbonyl (C=O) groups excluding carboxylic acids is 1. The highest BCUT2D eigenvalue weighted by atomic mass is 19.3. The molecular formula is C20H36F2N4O. The minimum absolute atomic E-state index is 0.00573. The molecule has 27 heavy (non-hydrogen) atoms. The van der Waals surface area contributed by atoms with Crippen molar-refractivity contribution in [3.63, 3.8) is 0 Å². The standard InChI is InChI=1S/C20H36F2N4O/c1-5-7-9-11-25(12-10-8-6-2)14-16(3)23-19(27)15-26-17(4)13-18(24-26)20(21)22/h13,16,20H,5-12,14-15H2,1-4H3,(H,23,27). The van der Waals surface area contributed by atoms with Gasteiger partial charge in [0, 0.05) is 18.3 Å². The number of unbranched alkanes of at least 4 members (excludes halogenated alkanes) is 4. The first kappa shape index (κ1) is 23.5. The lowest BCUT2D eigenvalue weighted by Crippen LogP contribution is -2.43. The summed E-state index contributed by atoms with van der Waals surface area (Å²) in [4.78, 5) is 14.7. The van der Waals surface area contributed by atoms with Crippen molar-refractivity contribution in [2.45, 2.75) is 85.2 Å². The third-order valence-electron chi connectivity index (χ3n) is 4.61. The molecule has 0 aromatic carbocycles. The van der Waals surface area contributed by atoms with Crippen molar-refractivity contribution >= 4 is 5.91 Å². The van der Waals surface area contributed by atoms with Crippen molar-refractivity contribution in [2.75, 3.05) is 19.6 Å². The zero-order valence-corrected chi connectivity index (χ0v) is 17.3. The Balaban J connectivity index is 2.50. The van der Waals surface area contributed by atoms with Crippen LogP contribution in [0.2, 0.25) is 0 Å². The largest absolute Gasteiger partial charge is 0.351 e. The number of hydrogen-bond acceptors (Lipinski definition) is 3. The molecule has 1 atom stereocenters. The third kappa shape index (κ3) is 9.31. The first-order valence-electron chi connectivity index (χ1n) is 10.2. The first-order valence-corrected chi connectivity index (χ1v) is 10.2. The van der Waals surface area contributed by atoms with Crippen molar-refractivity contribution in [1.82, 2.24) is 20.0 Å². The Bertz CT molecular complexity index is 538. The summed E-state index contributed by atoms with van der Waals surface area (Å²) in [6, 6.07) is 1.33. The zero-order chi connectivity index (χ0) is 20.2. The molecule has 0 spiro atoms. The SMILES string of the molecule is CCCCCN(CCCCC)CC(C)NC(=O)Cn1nc(C(F)F)cc1C. The molecule has 5 nitrogen and oxygen atoms in total. The van der Waals surface area contributed by atoms with Crippen LogP contribution in [0.5, 0.6) is 0 Å². The van der Waals surface area contributed by atoms with Gasteiger partial charge in [-0.25, -0.2) is 8.78 Å². The highest BCUT2D eigenvalue weighted by Crippen LogP contribution is 2.17. The summed E-state index contributed by atoms with van der Waals surface area (Å²) in [6.07, 6.45) is 4.55. The molecule has 0 radical (unpaired) electrons. The van der Waals surface area contributed by atoms with Gasteiger partial charge in [0.25, 0.3) is 6.43 Å². The van der Waals surface area contributed by atoms with Gasteiger partial charge in [-0.05, 0) is 45.8 Å². The number of amides is 1. The highest BCUT2D eigenvalue weighted by Gasteiger charge is 2.17. The van der Waals surface area contributed by atoms with E-state index in [0.29, 0.717) is 5.69 Å². The van der Waals surface area contributed by atoms with E-state index < -0.39 is 6.43 Å². The van der Waals surface area contributed by atoms with E-state index in [-0.39, 0.29) is 24.2 Å². The molecule has 0 fully saturated rings. The number of carbonyl (C=O) groups is 1. The van der Waals surface area contributed by atoms with Crippen LogP contribution in [0.15, 0.2) is 6.07 Å². The van der Waals surface area contributed by atoms with Gasteiger partial charge in [-0.1, -0.05) is 39.5 Å². The predicted molar refractivity (Wildman–Crippen MR) is 105 cm³/mol. The monoisotopic (exact) mass is 386 g/mol. The second-order valence-corrected chi connectivity index (χ2v) is 7.35. The lowest BCUT2D eigenvalue weighted by atomic mass is 10.2. The summed E-state index contributed by atoms with van der Waals surface area (Å²) >= 11 is 0. The second kappa shape index (κ2) is 12.8. The van der Waals surface area contributed by atoms with E-state index in [4.69, 9.17) is 0 Å². The van der Waals surface area contributed by atoms with Crippen LogP contribution >= 0.6 is 0 Å². The minimum Gasteiger partial charge on any atom is -0.351 e. The summed E-state index contributed by atoms with van der Waals surface area (Å²) in [6.45, 7) is 10.9. The smallest absolute Gasteiger partial charge is 0.282 e. The van der Waals surface area contributed by atoms with Crippen LogP contribution in [0.3, 0.4) is 0 Å². The topological polar surface area (TPSA) is 50.2 Å². The van der Waals surface area contributed by atoms with Crippen molar-refractivity contribution in [2.24, 2.45) is 0 Å². The van der Waals surface area contributed by atoms with Crippen molar-refractivity contribution < 1.29 is 13.6 Å². The van der Waals surface area contributed by atoms with Crippen LogP contribution in [-0.4, -0.2) is 46.3 Å². The van der Waals surface area contributed by atoms with Gasteiger partial charge in [0.05, 0.1) is 0 Å². The number of nitrogens with one attached hydrogen (secondary N) is 1. The number of rotatable bonds is 14. The molecule has 0 saturated heterocycles. The molecule has 1 rings (SSSR count). The lowest BCUT2D eigenvalue weighted by Gasteiger charge is -2.26. The molecule has 1 N–H and O–H groups in total. The Labute approximate surface area is 162 Å². The molecule has 1 unspecified atom stereocenters. The van der Waals surface area contributed by atoms with E-state index in [9.17, 15) is 13.6 Å². The maximum absolute atomic E-state index is 12.7. The van der Waals surface area contributed by atoms with Gasteiger partial charge in [-0.15, -0.1) is 0 Å². The molecule has 1 amide bonds. The quantitative estimate of drug-likeness (QED) is 0.485. The van der Waals surface area contributed by atoms with Gasteiger partial charge >= 0.3 is 0 Å². The maximum atomic E-state index is 12.7. The number of aromatic nitrogens is 2. The summed E-state index contributed by atoms with van der Waals surface area (Å²) in [5, 5.41) is 6.79. The molecule has 0 aliphatic rings. The average molecular weight is 387 g/mol. The van der Waals surface area contributed by atoms with Gasteiger partial charge < -0.3 is 10.2 Å². The molecular weight excluding hydrogens is 350 g/mol. The summed E-state index contributed by atoms with van der Waals surface area (Å²) in [5.74, 6) is -0.198. The van der Waals surface area contributed by atoms with E-state index in [0.717, 1.165) is 19.6 Å². The number of nitrogens with zero attached hydrogens (tertiary/aromatic N) is 3. The summed E-state index contributed by atoms with van der Waals surface area (Å²) in [7, 11) is 0. The molecule has 1 heterocycles. The van der Waals surface area contributed by atoms with Crippen LogP contribution in [0.1, 0.15) is 77.1 Å². The van der Waals surface area contributed by atoms with E-state index in [1.54, 1.807) is 6.92 Å². The molecule has 1 aromatic rings. The minimum atomic E-state index is -2.62. The fourth-order valence-electron chi connectivity index (χ4n) is 3.16. The second-order valence-electron chi connectivity index (χ2n) is 7.35. The highest BCUT2D eigenvalue weighted by molar-refractivity contribution is 5.76. The van der Waals surface area contributed by atoms with E-state index >= 15 is 0 Å². The van der Waals surface area contributed by atoms with Crippen LogP contribution in [0.4, 0.5) is 8.78 Å². The van der Waals surface area contributed by atoms with Crippen molar-refractivity contribution in [3.8, 4) is 0 Å². The van der Waals surface area contributed by atoms with Gasteiger partial charge in [-0.3, -0.25) is 9.48 Å². The van der Waals surface area contributed by atoms with Crippen LogP contribution in [-0.2, 0) is 11.3 Å². The van der Waals surface area contributed by atoms with Crippen molar-refractivity contribution in [3.05, 3.63) is 17.5 Å². The van der Waals surface area contributed by atoms with Crippen molar-refractivity contribution in [1.29, 1.82) is 0 Å². The Morgan fingerprint density at radius 2 is 1.78 bits per heavy atom. The Hall–Kier alpha value is -1.50. The Kier molecular flexibility index (Phi) is 11.2. The number of hydrogen-bond donors (Lipinski definition) is 1. The van der Waals surface area contributed by atoms with Gasteiger partial charge in [0.2, 0.25) is 5.91 Å². The van der Waals surface area contributed by atoms with Crippen LogP contribution < -0.4 is 5.32 Å². The summed E-state index contributed by atoms with van der Waals surface area (Å²) < 4.78 is 26.8. The number of alkyl halides is 2. The fraction of sp³-hybridized carbons (Fsp3) is 0.800. The molecule has 0 bridgehead atoms. The fourth-order valence-corrected chi connectivity index (χ4v) is 3.16. The van der Waals surface area contributed by atoms with Crippen LogP contribution in [0, 0.1) is 6.92 Å². The molecule has 156 valence electrons. The summed E-state index contributed by atoms with van der Waals surface area (Å²) in [5.41, 5.74) is 0.278. The van der Waals surface area contributed by atoms with E-state index in [1.165, 1.54) is 49.3 Å². The number of aryl methyl sites for hydroxylation is 1.